The van der Waals surface area contributed by atoms with Gasteiger partial charge in [0.15, 0.2) is 5.96 Å². The van der Waals surface area contributed by atoms with Crippen molar-refractivity contribution in [2.45, 2.75) is 308 Å². The van der Waals surface area contributed by atoms with Crippen molar-refractivity contribution in [1.29, 1.82) is 5.41 Å². The van der Waals surface area contributed by atoms with Crippen LogP contribution in [0.3, 0.4) is 0 Å². The molecule has 6 aromatic rings. The standard InChI is InChI=1S/C98H150N24O18/c1-11-13-14-15-16-17-18-19-20-21-22-23-24-34-80(127)117-85(62(9)124)95(138)119-84(61(8)123)94(137)105-41-28-27-32-73(111-92(135)82(100)60(7)12-2)97(140)121-45-43-120(44-46-121)66-37-40-71-69(51-66)96(139)122(57-109-71)55-81(128)110-72(33-29-42-106-98(101)102)86(129)115-77(50-65-54-104-56-108-65)89(132)113-75(48-63-35-38-67(125)39-36-63)88(131)112-74(47-58(3)4)87(130)116-78(52-79(99)126)90(133)114-76(91(134)118-83(59(5)6)93(136)103-10)49-64-53-107-70-31-26-25-30-68(64)70/h25-26,30-31,35-40,51,53-54,56-62,72-78,82-85,107,123-125H,11-24,27-29,32-34,41-50,52,55,100H2,1-10H3,(H2,99,126)(H,103,136)(H,104,108)(H,105,137)(H,110,128)(H,111,135)(H,112,131)(H,113,132)(H,114,133)(H,115,129)(H,116,130)(H,117,127)(H,118,134)(H,119,138)(H4,101,102,106)/t60-,61+,62+,72-,73-,74-,75-,76-,77-,78-,82-,83-,84-,85-/m0/s1. The van der Waals surface area contributed by atoms with E-state index in [1.54, 1.807) is 75.2 Å². The van der Waals surface area contributed by atoms with Gasteiger partial charge >= 0.3 is 0 Å². The van der Waals surface area contributed by atoms with Crippen molar-refractivity contribution in [3.8, 4) is 5.75 Å². The van der Waals surface area contributed by atoms with E-state index in [9.17, 15) is 77.6 Å². The Morgan fingerprint density at radius 3 is 1.66 bits per heavy atom. The fraction of sp³-hybridized carbons (Fsp3) is 0.592. The summed E-state index contributed by atoms with van der Waals surface area (Å²) < 4.78 is 1.04. The number of benzene rings is 3. The van der Waals surface area contributed by atoms with Crippen molar-refractivity contribution in [3.05, 3.63) is 119 Å². The lowest BCUT2D eigenvalue weighted by molar-refractivity contribution is -0.137. The fourth-order valence-electron chi connectivity index (χ4n) is 16.5. The Morgan fingerprint density at radius 2 is 1.07 bits per heavy atom. The van der Waals surface area contributed by atoms with Gasteiger partial charge in [-0.3, -0.25) is 81.9 Å². The second-order valence-corrected chi connectivity index (χ2v) is 37.2. The van der Waals surface area contributed by atoms with Gasteiger partial charge in [-0.1, -0.05) is 162 Å². The molecule has 3 aromatic carbocycles. The van der Waals surface area contributed by atoms with Crippen LogP contribution < -0.4 is 96.8 Å². The summed E-state index contributed by atoms with van der Waals surface area (Å²) in [6.07, 6.45) is 17.3. The molecule has 0 saturated carbocycles. The molecule has 42 heteroatoms. The largest absolute Gasteiger partial charge is 0.508 e. The summed E-state index contributed by atoms with van der Waals surface area (Å²) in [5.41, 5.74) is 19.9. The zero-order chi connectivity index (χ0) is 103. The predicted octanol–water partition coefficient (Wildman–Crippen LogP) is 2.02. The van der Waals surface area contributed by atoms with Crippen molar-refractivity contribution >= 4 is 116 Å². The Hall–Kier alpha value is -13.1. The number of anilines is 1. The van der Waals surface area contributed by atoms with E-state index in [1.165, 1.54) is 109 Å². The number of rotatable bonds is 62. The van der Waals surface area contributed by atoms with E-state index < -0.39 is 180 Å². The first-order chi connectivity index (χ1) is 66.8. The second kappa shape index (κ2) is 58.7. The minimum Gasteiger partial charge on any atom is -0.508 e. The molecule has 1 aliphatic heterocycles. The molecule has 14 amide bonds. The molecule has 0 spiro atoms. The summed E-state index contributed by atoms with van der Waals surface area (Å²) in [6, 6.07) is 2.63. The fourth-order valence-corrected chi connectivity index (χ4v) is 16.5. The number of guanidine groups is 1. The Morgan fingerprint density at radius 1 is 0.521 bits per heavy atom. The van der Waals surface area contributed by atoms with E-state index >= 15 is 9.59 Å². The molecular formula is C98H150N24O18. The van der Waals surface area contributed by atoms with Crippen LogP contribution in [0.1, 0.15) is 220 Å². The minimum absolute atomic E-state index is 0.0382. The summed E-state index contributed by atoms with van der Waals surface area (Å²) in [5.74, 6) is -12.5. The van der Waals surface area contributed by atoms with Crippen molar-refractivity contribution in [3.63, 3.8) is 0 Å². The third-order valence-corrected chi connectivity index (χ3v) is 25.0. The number of imidazole rings is 1. The van der Waals surface area contributed by atoms with Crippen LogP contribution in [0, 0.1) is 23.2 Å². The maximum atomic E-state index is 15.1. The van der Waals surface area contributed by atoms with Gasteiger partial charge in [0.2, 0.25) is 82.7 Å². The van der Waals surface area contributed by atoms with Crippen LogP contribution >= 0.6 is 0 Å². The molecule has 1 fully saturated rings. The molecule has 0 unspecified atom stereocenters. The summed E-state index contributed by atoms with van der Waals surface area (Å²) in [5, 5.41) is 74.8. The Bertz CT molecular complexity index is 5120. The van der Waals surface area contributed by atoms with Crippen LogP contribution in [0.2, 0.25) is 0 Å². The number of nitrogens with two attached hydrogens (primary N) is 3. The zero-order valence-electron chi connectivity index (χ0n) is 82.5. The number of phenolic OH excluding ortho intramolecular Hbond substituents is 1. The number of aromatic hydroxyl groups is 1. The van der Waals surface area contributed by atoms with E-state index in [0.717, 1.165) is 47.5 Å². The van der Waals surface area contributed by atoms with Gasteiger partial charge in [-0.05, 0) is 124 Å². The Balaban J connectivity index is 1.01. The quantitative estimate of drug-likeness (QED) is 0.0147. The number of unbranched alkanes of at least 4 members (excludes halogenated alkanes) is 13. The van der Waals surface area contributed by atoms with Gasteiger partial charge in [-0.25, -0.2) is 9.97 Å². The molecular weight excluding hydrogens is 1800 g/mol. The maximum Gasteiger partial charge on any atom is 0.261 e. The zero-order valence-corrected chi connectivity index (χ0v) is 82.5. The van der Waals surface area contributed by atoms with Crippen LogP contribution in [-0.2, 0) is 92.9 Å². The third-order valence-electron chi connectivity index (χ3n) is 25.0. The molecule has 0 aliphatic carbocycles. The number of aliphatic hydroxyl groups is 2. The van der Waals surface area contributed by atoms with Gasteiger partial charge < -0.3 is 121 Å². The van der Waals surface area contributed by atoms with Gasteiger partial charge in [0, 0.05) is 107 Å². The lowest BCUT2D eigenvalue weighted by Crippen LogP contribution is -2.61. The first kappa shape index (κ1) is 114. The number of nitrogens with zero attached hydrogens (tertiary/aromatic N) is 5. The molecule has 0 radical (unpaired) electrons. The number of para-hydroxylation sites is 1. The number of aromatic nitrogens is 5. The minimum atomic E-state index is -1.76. The molecule has 1 saturated heterocycles. The van der Waals surface area contributed by atoms with E-state index in [2.05, 4.69) is 96.0 Å². The highest BCUT2D eigenvalue weighted by Crippen LogP contribution is 2.25. The number of primary amides is 1. The molecule has 770 valence electrons. The molecule has 0 bridgehead atoms. The Labute approximate surface area is 817 Å². The van der Waals surface area contributed by atoms with Crippen LogP contribution in [0.4, 0.5) is 5.69 Å². The first-order valence-electron chi connectivity index (χ1n) is 49.1. The summed E-state index contributed by atoms with van der Waals surface area (Å²) in [6.45, 7) is 15.8. The number of hydrogen-bond donors (Lipinski definition) is 22. The number of piperazine rings is 1. The van der Waals surface area contributed by atoms with Gasteiger partial charge in [0.05, 0.1) is 48.2 Å². The number of phenols is 1. The van der Waals surface area contributed by atoms with Gasteiger partial charge in [-0.15, -0.1) is 0 Å². The molecule has 7 rings (SSSR count). The van der Waals surface area contributed by atoms with Gasteiger partial charge in [0.25, 0.3) is 5.56 Å². The number of aromatic amines is 2. The van der Waals surface area contributed by atoms with Crippen molar-refractivity contribution in [2.24, 2.45) is 35.0 Å². The van der Waals surface area contributed by atoms with Crippen molar-refractivity contribution in [1.82, 2.24) is 98.5 Å². The SMILES string of the molecule is CCCCCCCCCCCCCCCC(=O)N[C@H](C(=O)N[C@H](C(=O)NCCCC[C@H](NC(=O)[C@@H](N)[C@@H](C)CC)C(=O)N1CCN(c2ccc3ncn(CC(=O)N[C@@H](CCCNC(=N)N)C(=O)N[C@@H](Cc4cnc[nH]4)C(=O)N[C@@H](Cc4ccc(O)cc4)C(=O)N[C@@H](CC(C)C)C(=O)N[C@@H](CC(N)=O)C(=O)N[C@@H](Cc4c[nH]c5ccccc45)C(=O)N[C@H](C(=O)NC)C(C)C)c(=O)c3c2)CC1)[C@@H](C)O)[C@@H](C)O. The number of H-pyrrole nitrogens is 2. The van der Waals surface area contributed by atoms with Crippen molar-refractivity contribution in [2.75, 3.05) is 51.2 Å². The van der Waals surface area contributed by atoms with Crippen LogP contribution in [0.5, 0.6) is 5.75 Å². The highest BCUT2D eigenvalue weighted by Gasteiger charge is 2.39. The van der Waals surface area contributed by atoms with Gasteiger partial charge in [0.1, 0.15) is 72.7 Å². The molecule has 42 nitrogen and oxygen atoms in total. The van der Waals surface area contributed by atoms with E-state index in [4.69, 9.17) is 22.6 Å². The molecule has 14 atom stereocenters. The lowest BCUT2D eigenvalue weighted by Gasteiger charge is -2.38. The highest BCUT2D eigenvalue weighted by atomic mass is 16.3. The number of carbonyl (C=O) groups is 14. The second-order valence-electron chi connectivity index (χ2n) is 37.2. The number of carbonyl (C=O) groups excluding carboxylic acids is 14. The normalized spacial score (nSPS) is 15.1. The van der Waals surface area contributed by atoms with Crippen LogP contribution in [0.15, 0.2) is 96.6 Å². The number of amides is 14. The maximum absolute atomic E-state index is 15.1. The number of nitrogens with one attached hydrogen (secondary N) is 16. The lowest BCUT2D eigenvalue weighted by atomic mass is 9.98. The average molecular weight is 1950 g/mol. The van der Waals surface area contributed by atoms with Crippen LogP contribution in [0.25, 0.3) is 21.8 Å². The molecule has 25 N–H and O–H groups in total. The number of hydrogen-bond acceptors (Lipinski definition) is 23. The molecule has 140 heavy (non-hydrogen) atoms. The topological polar surface area (TPSA) is 644 Å². The number of likely N-dealkylation sites (N-methyl/N-ethyl adjacent to an activating group) is 1. The average Bonchev–Trinajstić information content (AvgIpc) is 0.945. The molecule has 1 aliphatic rings. The monoisotopic (exact) mass is 1950 g/mol. The van der Waals surface area contributed by atoms with Gasteiger partial charge in [-0.2, -0.15) is 0 Å². The highest BCUT2D eigenvalue weighted by molar-refractivity contribution is 6.00. The number of aliphatic hydroxyl groups excluding tert-OH is 2. The van der Waals surface area contributed by atoms with Crippen LogP contribution in [-0.4, -0.2) is 258 Å². The summed E-state index contributed by atoms with van der Waals surface area (Å²) in [7, 11) is 1.40. The third kappa shape index (κ3) is 37.6. The van der Waals surface area contributed by atoms with E-state index in [1.807, 2.05) is 24.8 Å². The smallest absolute Gasteiger partial charge is 0.261 e. The first-order valence-corrected chi connectivity index (χ1v) is 49.1. The molecule has 4 heterocycles. The van der Waals surface area contributed by atoms with E-state index in [-0.39, 0.29) is 131 Å². The Kier molecular flexibility index (Phi) is 47.7. The predicted molar refractivity (Wildman–Crippen MR) is 529 cm³/mol. The molecule has 3 aromatic heterocycles. The summed E-state index contributed by atoms with van der Waals surface area (Å²) >= 11 is 0. The van der Waals surface area contributed by atoms with E-state index in [0.29, 0.717) is 48.2 Å². The number of fused-ring (bicyclic) bond motifs is 2. The summed E-state index contributed by atoms with van der Waals surface area (Å²) in [4.78, 5) is 230. The van der Waals surface area contributed by atoms with Crippen molar-refractivity contribution < 1.29 is 82.4 Å².